The van der Waals surface area contributed by atoms with Crippen LogP contribution in [0.3, 0.4) is 0 Å². The minimum Gasteiger partial charge on any atom is -0.412 e. The van der Waals surface area contributed by atoms with Gasteiger partial charge >= 0.3 is 0 Å². The second kappa shape index (κ2) is 19.4. The first kappa shape index (κ1) is 36.5. The zero-order valence-electron chi connectivity index (χ0n) is 24.5. The van der Waals surface area contributed by atoms with E-state index in [-0.39, 0.29) is 17.2 Å². The number of allylic oxidation sites excluding steroid dienone is 2. The van der Waals surface area contributed by atoms with E-state index in [4.69, 9.17) is 9.94 Å². The summed E-state index contributed by atoms with van der Waals surface area (Å²) in [7, 11) is 0. The molecule has 0 aromatic heterocycles. The molecule has 0 aromatic rings. The monoisotopic (exact) mass is 502 g/mol. The van der Waals surface area contributed by atoms with Crippen LogP contribution >= 0.6 is 0 Å². The van der Waals surface area contributed by atoms with Crippen molar-refractivity contribution in [3.63, 3.8) is 0 Å². The Morgan fingerprint density at radius 2 is 1.77 bits per heavy atom. The van der Waals surface area contributed by atoms with Crippen LogP contribution in [0.1, 0.15) is 107 Å². The molecule has 0 radical (unpaired) electrons. The van der Waals surface area contributed by atoms with Crippen molar-refractivity contribution in [1.29, 1.82) is 0 Å². The van der Waals surface area contributed by atoms with Crippen LogP contribution in [0.5, 0.6) is 0 Å². The highest BCUT2D eigenvalue weighted by atomic mass is 16.5. The minimum atomic E-state index is 0. The van der Waals surface area contributed by atoms with E-state index >= 15 is 0 Å². The predicted molar refractivity (Wildman–Crippen MR) is 150 cm³/mol. The van der Waals surface area contributed by atoms with Gasteiger partial charge in [0.05, 0.1) is 6.10 Å². The fourth-order valence-corrected chi connectivity index (χ4v) is 4.67. The molecule has 35 heavy (non-hydrogen) atoms. The van der Waals surface area contributed by atoms with Crippen molar-refractivity contribution >= 4 is 0 Å². The zero-order valence-corrected chi connectivity index (χ0v) is 24.5. The number of ether oxygens (including phenoxy) is 1. The smallest absolute Gasteiger partial charge is 0.0518 e. The molecular formula is C28H62N4O3. The fraction of sp³-hybridized carbons (Fsp3) is 0.929. The molecule has 0 aromatic carbocycles. The van der Waals surface area contributed by atoms with Gasteiger partial charge in [-0.3, -0.25) is 4.90 Å². The molecule has 1 saturated heterocycles. The molecule has 3 aliphatic rings. The van der Waals surface area contributed by atoms with Gasteiger partial charge in [-0.1, -0.05) is 45.6 Å². The summed E-state index contributed by atoms with van der Waals surface area (Å²) in [5, 5.41) is 8.22. The van der Waals surface area contributed by atoms with Gasteiger partial charge in [-0.25, -0.2) is 0 Å². The standard InChI is InChI=1S/C19H36N2.C5H12O.C4H9NO.H3N.H2O/c1-5-6-10-17(3)20-12-13-21(18(4)14-20)15-19-11-8-7-9-16(19)2;1-4-6-5(2)3;1-4(5-6)2-3-4;;/h10,16,18-19H,5-9,11-15H2,1-4H3;5H,4H2,1-3H3;5-6H,2-3H2,1H3;1H3;1H2/b17-10+;;;;/t16-,18?,19+;;;;/m1..../s1. The topological polar surface area (TPSA) is 114 Å². The normalized spacial score (nSPS) is 25.8. The van der Waals surface area contributed by atoms with Gasteiger partial charge in [-0.2, -0.15) is 5.48 Å². The number of hydroxylamine groups is 1. The van der Waals surface area contributed by atoms with Crippen molar-refractivity contribution in [3.05, 3.63) is 11.8 Å². The van der Waals surface area contributed by atoms with Gasteiger partial charge in [0.1, 0.15) is 0 Å². The minimum absolute atomic E-state index is 0. The van der Waals surface area contributed by atoms with Gasteiger partial charge in [-0.15, -0.1) is 0 Å². The summed E-state index contributed by atoms with van der Waals surface area (Å²) >= 11 is 0. The Morgan fingerprint density at radius 3 is 2.17 bits per heavy atom. The fourth-order valence-electron chi connectivity index (χ4n) is 4.67. The Balaban J connectivity index is 0. The third-order valence-electron chi connectivity index (χ3n) is 7.52. The van der Waals surface area contributed by atoms with E-state index in [1.165, 1.54) is 70.4 Å². The summed E-state index contributed by atoms with van der Waals surface area (Å²) in [5.74, 6) is 1.89. The van der Waals surface area contributed by atoms with Gasteiger partial charge in [0.15, 0.2) is 0 Å². The van der Waals surface area contributed by atoms with Crippen LogP contribution in [0.25, 0.3) is 0 Å². The van der Waals surface area contributed by atoms with E-state index in [9.17, 15) is 0 Å². The number of nitrogens with one attached hydrogen (secondary N) is 1. The molecule has 3 rings (SSSR count). The van der Waals surface area contributed by atoms with Crippen LogP contribution in [0, 0.1) is 11.8 Å². The molecule has 3 atom stereocenters. The van der Waals surface area contributed by atoms with Crippen LogP contribution in [-0.2, 0) is 4.74 Å². The molecular weight excluding hydrogens is 440 g/mol. The van der Waals surface area contributed by atoms with Crippen molar-refractivity contribution in [2.75, 3.05) is 32.8 Å². The number of rotatable bonds is 8. The molecule has 1 aliphatic heterocycles. The van der Waals surface area contributed by atoms with E-state index in [0.717, 1.165) is 31.3 Å². The van der Waals surface area contributed by atoms with Crippen molar-refractivity contribution in [3.8, 4) is 0 Å². The summed E-state index contributed by atoms with van der Waals surface area (Å²) in [6.07, 6.45) is 13.4. The Kier molecular flexibility index (Phi) is 20.2. The second-order valence-electron chi connectivity index (χ2n) is 11.1. The van der Waals surface area contributed by atoms with Gasteiger partial charge in [-0.05, 0) is 79.1 Å². The van der Waals surface area contributed by atoms with Gasteiger partial charge in [0.25, 0.3) is 0 Å². The average molecular weight is 503 g/mol. The lowest BCUT2D eigenvalue weighted by Crippen LogP contribution is -2.52. The van der Waals surface area contributed by atoms with Gasteiger partial charge in [0.2, 0.25) is 0 Å². The first-order valence-corrected chi connectivity index (χ1v) is 13.8. The largest absolute Gasteiger partial charge is 0.412 e. The molecule has 7 heteroatoms. The maximum atomic E-state index is 8.22. The summed E-state index contributed by atoms with van der Waals surface area (Å²) < 4.78 is 5.04. The lowest BCUT2D eigenvalue weighted by molar-refractivity contribution is 0.0686. The van der Waals surface area contributed by atoms with E-state index in [2.05, 4.69) is 49.1 Å². The van der Waals surface area contributed by atoms with Crippen LogP contribution in [0.15, 0.2) is 11.8 Å². The van der Waals surface area contributed by atoms with Crippen LogP contribution in [0.2, 0.25) is 0 Å². The molecule has 0 spiro atoms. The average Bonchev–Trinajstić information content (AvgIpc) is 3.53. The van der Waals surface area contributed by atoms with Crippen LogP contribution < -0.4 is 11.6 Å². The number of unbranched alkanes of at least 4 members (excludes halogenated alkanes) is 1. The number of piperazine rings is 1. The van der Waals surface area contributed by atoms with E-state index < -0.39 is 0 Å². The summed E-state index contributed by atoms with van der Waals surface area (Å²) in [6, 6.07) is 0.706. The highest BCUT2D eigenvalue weighted by molar-refractivity contribution is 5.00. The maximum Gasteiger partial charge on any atom is 0.0518 e. The van der Waals surface area contributed by atoms with Crippen molar-refractivity contribution < 1.29 is 15.4 Å². The van der Waals surface area contributed by atoms with Gasteiger partial charge in [0, 0.05) is 50.1 Å². The number of hydrogen-bond acceptors (Lipinski definition) is 6. The van der Waals surface area contributed by atoms with E-state index in [1.807, 2.05) is 27.7 Å². The highest BCUT2D eigenvalue weighted by Gasteiger charge is 2.36. The molecule has 0 amide bonds. The zero-order chi connectivity index (χ0) is 24.9. The molecule has 7 nitrogen and oxygen atoms in total. The first-order valence-electron chi connectivity index (χ1n) is 13.8. The molecule has 1 unspecified atom stereocenters. The Morgan fingerprint density at radius 1 is 1.14 bits per heavy atom. The Labute approximate surface area is 217 Å². The van der Waals surface area contributed by atoms with Crippen molar-refractivity contribution in [2.24, 2.45) is 11.8 Å². The summed E-state index contributed by atoms with van der Waals surface area (Å²) in [6.45, 7) is 23.4. The Hall–Kier alpha value is -0.700. The van der Waals surface area contributed by atoms with Crippen molar-refractivity contribution in [2.45, 2.75) is 124 Å². The van der Waals surface area contributed by atoms with Crippen molar-refractivity contribution in [1.82, 2.24) is 21.4 Å². The first-order chi connectivity index (χ1) is 15.7. The lowest BCUT2D eigenvalue weighted by atomic mass is 9.80. The third-order valence-corrected chi connectivity index (χ3v) is 7.52. The highest BCUT2D eigenvalue weighted by Crippen LogP contribution is 2.33. The molecule has 0 bridgehead atoms. The lowest BCUT2D eigenvalue weighted by Gasteiger charge is -2.44. The molecule has 1 heterocycles. The van der Waals surface area contributed by atoms with Crippen LogP contribution in [-0.4, -0.2) is 71.0 Å². The maximum absolute atomic E-state index is 8.22. The third kappa shape index (κ3) is 15.2. The quantitative estimate of drug-likeness (QED) is 0.361. The SMILES string of the molecule is CC1(NO)CC1.CCC/C=C(\C)N1CCN(C[C@@H]2CCCC[C@H]2C)C(C)C1.CCOC(C)C.N.O. The van der Waals surface area contributed by atoms with Crippen LogP contribution in [0.4, 0.5) is 0 Å². The summed E-state index contributed by atoms with van der Waals surface area (Å²) in [5.41, 5.74) is 3.81. The van der Waals surface area contributed by atoms with E-state index in [0.29, 0.717) is 12.1 Å². The molecule has 7 N–H and O–H groups in total. The summed E-state index contributed by atoms with van der Waals surface area (Å²) in [4.78, 5) is 5.36. The predicted octanol–water partition coefficient (Wildman–Crippen LogP) is 5.81. The number of hydrogen-bond donors (Lipinski definition) is 3. The Bertz CT molecular complexity index is 540. The number of nitrogens with zero attached hydrogens (tertiary/aromatic N) is 2. The second-order valence-corrected chi connectivity index (χ2v) is 11.1. The molecule has 212 valence electrons. The van der Waals surface area contributed by atoms with Gasteiger partial charge < -0.3 is 26.5 Å². The van der Waals surface area contributed by atoms with E-state index in [1.54, 1.807) is 0 Å². The molecule has 2 saturated carbocycles. The molecule has 2 aliphatic carbocycles. The molecule has 3 fully saturated rings.